The highest BCUT2D eigenvalue weighted by Gasteiger charge is 2.33. The highest BCUT2D eigenvalue weighted by molar-refractivity contribution is 9.10. The topological polar surface area (TPSA) is 115 Å². The molecular formula is C14H21BrN4O4S. The number of likely N-dealkylation sites (tertiary alicyclic amines) is 1. The van der Waals surface area contributed by atoms with Gasteiger partial charge < -0.3 is 15.4 Å². The zero-order valence-corrected chi connectivity index (χ0v) is 16.1. The minimum absolute atomic E-state index is 0.0762. The van der Waals surface area contributed by atoms with Gasteiger partial charge in [-0.25, -0.2) is 22.9 Å². The van der Waals surface area contributed by atoms with Crippen LogP contribution < -0.4 is 10.5 Å². The van der Waals surface area contributed by atoms with Crippen molar-refractivity contribution < 1.29 is 17.9 Å². The molecule has 24 heavy (non-hydrogen) atoms. The van der Waals surface area contributed by atoms with Crippen LogP contribution in [0.4, 0.5) is 10.6 Å². The number of anilines is 1. The Morgan fingerprint density at radius 2 is 2.17 bits per heavy atom. The highest BCUT2D eigenvalue weighted by atomic mass is 79.9. The van der Waals surface area contributed by atoms with E-state index in [-0.39, 0.29) is 17.3 Å². The molecule has 134 valence electrons. The van der Waals surface area contributed by atoms with Crippen LogP contribution in [0.15, 0.2) is 21.6 Å². The number of aromatic nitrogens is 1. The average Bonchev–Trinajstić information content (AvgIpc) is 2.87. The first-order valence-electron chi connectivity index (χ1n) is 7.39. The summed E-state index contributed by atoms with van der Waals surface area (Å²) in [4.78, 5) is 17.3. The molecule has 0 aromatic carbocycles. The lowest BCUT2D eigenvalue weighted by Crippen LogP contribution is -2.40. The van der Waals surface area contributed by atoms with Crippen molar-refractivity contribution in [1.82, 2.24) is 14.6 Å². The molecule has 0 spiro atoms. The molecule has 0 radical (unpaired) electrons. The minimum Gasteiger partial charge on any atom is -0.444 e. The van der Waals surface area contributed by atoms with Gasteiger partial charge in [0.15, 0.2) is 0 Å². The number of carbonyl (C=O) groups is 1. The second kappa shape index (κ2) is 6.85. The molecule has 2 rings (SSSR count). The van der Waals surface area contributed by atoms with Gasteiger partial charge in [-0.05, 0) is 49.2 Å². The number of nitrogens with two attached hydrogens (primary N) is 1. The molecule has 1 saturated heterocycles. The number of rotatable bonds is 3. The molecule has 10 heteroatoms. The minimum atomic E-state index is -3.83. The van der Waals surface area contributed by atoms with Gasteiger partial charge in [-0.1, -0.05) is 0 Å². The van der Waals surface area contributed by atoms with Gasteiger partial charge in [0.1, 0.15) is 16.3 Å². The van der Waals surface area contributed by atoms with Crippen LogP contribution in [0.1, 0.15) is 27.2 Å². The van der Waals surface area contributed by atoms with Crippen LogP contribution >= 0.6 is 15.9 Å². The van der Waals surface area contributed by atoms with E-state index in [4.69, 9.17) is 10.5 Å². The summed E-state index contributed by atoms with van der Waals surface area (Å²) in [6, 6.07) is 0.992. The Hall–Kier alpha value is -1.39. The van der Waals surface area contributed by atoms with E-state index in [2.05, 4.69) is 25.6 Å². The van der Waals surface area contributed by atoms with Crippen molar-refractivity contribution >= 4 is 37.9 Å². The average molecular weight is 421 g/mol. The number of carbonyl (C=O) groups excluding carboxylic acids is 1. The Kier molecular flexibility index (Phi) is 5.41. The van der Waals surface area contributed by atoms with Gasteiger partial charge in [-0.3, -0.25) is 0 Å². The van der Waals surface area contributed by atoms with Crippen molar-refractivity contribution in [1.29, 1.82) is 0 Å². The predicted molar refractivity (Wildman–Crippen MR) is 92.9 cm³/mol. The van der Waals surface area contributed by atoms with Crippen molar-refractivity contribution in [3.63, 3.8) is 0 Å². The first-order valence-corrected chi connectivity index (χ1v) is 9.67. The Balaban J connectivity index is 2.04. The van der Waals surface area contributed by atoms with Crippen molar-refractivity contribution in [2.75, 3.05) is 18.8 Å². The molecule has 3 N–H and O–H groups in total. The number of halogens is 1. The second-order valence-electron chi connectivity index (χ2n) is 6.57. The molecule has 0 bridgehead atoms. The fourth-order valence-corrected chi connectivity index (χ4v) is 4.13. The van der Waals surface area contributed by atoms with Gasteiger partial charge in [0.05, 0.1) is 0 Å². The zero-order chi connectivity index (χ0) is 18.1. The monoisotopic (exact) mass is 420 g/mol. The summed E-state index contributed by atoms with van der Waals surface area (Å²) < 4.78 is 33.3. The number of hydrogen-bond donors (Lipinski definition) is 2. The van der Waals surface area contributed by atoms with E-state index in [1.807, 2.05) is 0 Å². The molecule has 2 heterocycles. The summed E-state index contributed by atoms with van der Waals surface area (Å²) in [5, 5.41) is 0. The molecule has 8 nitrogen and oxygen atoms in total. The van der Waals surface area contributed by atoms with Crippen molar-refractivity contribution in [2.45, 2.75) is 43.7 Å². The number of amides is 1. The van der Waals surface area contributed by atoms with Crippen LogP contribution in [0.5, 0.6) is 0 Å². The van der Waals surface area contributed by atoms with Gasteiger partial charge in [0.2, 0.25) is 10.0 Å². The summed E-state index contributed by atoms with van der Waals surface area (Å²) in [5.74, 6) is -0.0762. The van der Waals surface area contributed by atoms with Crippen LogP contribution in [0, 0.1) is 0 Å². The molecule has 0 saturated carbocycles. The number of sulfonamides is 1. The fraction of sp³-hybridized carbons (Fsp3) is 0.571. The molecule has 0 aliphatic carbocycles. The Morgan fingerprint density at radius 1 is 1.50 bits per heavy atom. The van der Waals surface area contributed by atoms with Crippen LogP contribution in [0.3, 0.4) is 0 Å². The van der Waals surface area contributed by atoms with Crippen LogP contribution in [-0.4, -0.2) is 49.1 Å². The summed E-state index contributed by atoms with van der Waals surface area (Å²) in [6.45, 7) is 6.02. The van der Waals surface area contributed by atoms with E-state index in [1.54, 1.807) is 20.8 Å². The summed E-state index contributed by atoms with van der Waals surface area (Å²) in [6.07, 6.45) is 1.47. The molecule has 0 unspecified atom stereocenters. The normalized spacial score (nSPS) is 18.7. The standard InChI is InChI=1S/C14H21BrN4O4S/c1-14(2,3)23-13(20)19-5-4-10(8-19)18-24(21,22)11-6-9(15)7-17-12(11)16/h6-7,10,18H,4-5,8H2,1-3H3,(H2,16,17)/t10-/m1/s1. The second-order valence-corrected chi connectivity index (χ2v) is 9.17. The highest BCUT2D eigenvalue weighted by Crippen LogP contribution is 2.22. The first kappa shape index (κ1) is 18.9. The third-order valence-corrected chi connectivity index (χ3v) is 5.28. The quantitative estimate of drug-likeness (QED) is 0.768. The largest absolute Gasteiger partial charge is 0.444 e. The van der Waals surface area contributed by atoms with Crippen LogP contribution in [0.2, 0.25) is 0 Å². The van der Waals surface area contributed by atoms with E-state index in [9.17, 15) is 13.2 Å². The lowest BCUT2D eigenvalue weighted by atomic mass is 10.2. The predicted octanol–water partition coefficient (Wildman–Crippen LogP) is 1.71. The SMILES string of the molecule is CC(C)(C)OC(=O)N1CC[C@@H](NS(=O)(=O)c2cc(Br)cnc2N)C1. The van der Waals surface area contributed by atoms with Crippen molar-refractivity contribution in [3.8, 4) is 0 Å². The molecule has 1 amide bonds. The lowest BCUT2D eigenvalue weighted by Gasteiger charge is -2.24. The van der Waals surface area contributed by atoms with E-state index in [0.29, 0.717) is 17.4 Å². The summed E-state index contributed by atoms with van der Waals surface area (Å²) in [7, 11) is -3.83. The number of pyridine rings is 1. The molecule has 1 fully saturated rings. The van der Waals surface area contributed by atoms with Crippen LogP contribution in [-0.2, 0) is 14.8 Å². The molecular weight excluding hydrogens is 400 g/mol. The van der Waals surface area contributed by atoms with E-state index in [1.165, 1.54) is 17.2 Å². The summed E-state index contributed by atoms with van der Waals surface area (Å²) in [5.41, 5.74) is 5.07. The van der Waals surface area contributed by atoms with E-state index < -0.39 is 27.8 Å². The molecule has 1 atom stereocenters. The lowest BCUT2D eigenvalue weighted by molar-refractivity contribution is 0.0292. The van der Waals surface area contributed by atoms with Gasteiger partial charge in [-0.15, -0.1) is 0 Å². The van der Waals surface area contributed by atoms with Crippen LogP contribution in [0.25, 0.3) is 0 Å². The van der Waals surface area contributed by atoms with E-state index >= 15 is 0 Å². The molecule has 1 aromatic heterocycles. The number of ether oxygens (including phenoxy) is 1. The third kappa shape index (κ3) is 4.81. The Labute approximate surface area is 149 Å². The van der Waals surface area contributed by atoms with Gasteiger partial charge in [0.25, 0.3) is 0 Å². The summed E-state index contributed by atoms with van der Waals surface area (Å²) >= 11 is 3.18. The van der Waals surface area contributed by atoms with Crippen molar-refractivity contribution in [3.05, 3.63) is 16.7 Å². The first-order chi connectivity index (χ1) is 11.0. The number of nitrogens with one attached hydrogen (secondary N) is 1. The van der Waals surface area contributed by atoms with Gasteiger partial charge >= 0.3 is 6.09 Å². The smallest absolute Gasteiger partial charge is 0.410 e. The molecule has 1 aliphatic rings. The number of hydrogen-bond acceptors (Lipinski definition) is 6. The number of nitrogen functional groups attached to an aromatic ring is 1. The van der Waals surface area contributed by atoms with Crippen molar-refractivity contribution in [2.24, 2.45) is 0 Å². The van der Waals surface area contributed by atoms with Gasteiger partial charge in [-0.2, -0.15) is 0 Å². The third-order valence-electron chi connectivity index (χ3n) is 3.30. The fourth-order valence-electron chi connectivity index (χ4n) is 2.28. The zero-order valence-electron chi connectivity index (χ0n) is 13.7. The maximum absolute atomic E-state index is 12.5. The van der Waals surface area contributed by atoms with E-state index in [0.717, 1.165) is 0 Å². The Bertz CT molecular complexity index is 733. The molecule has 1 aliphatic heterocycles. The maximum Gasteiger partial charge on any atom is 0.410 e. The Morgan fingerprint density at radius 3 is 2.79 bits per heavy atom. The molecule has 1 aromatic rings. The maximum atomic E-state index is 12.5. The number of nitrogens with zero attached hydrogens (tertiary/aromatic N) is 2. The van der Waals surface area contributed by atoms with Gasteiger partial charge in [0, 0.05) is 29.8 Å².